The van der Waals surface area contributed by atoms with Gasteiger partial charge < -0.3 is 4.98 Å². The van der Waals surface area contributed by atoms with Gasteiger partial charge >= 0.3 is 5.69 Å². The second-order valence-corrected chi connectivity index (χ2v) is 8.43. The minimum absolute atomic E-state index is 0.00901. The van der Waals surface area contributed by atoms with Crippen LogP contribution in [0.25, 0.3) is 22.2 Å². The molecule has 10 nitrogen and oxygen atoms in total. The van der Waals surface area contributed by atoms with Crippen molar-refractivity contribution in [2.24, 2.45) is 0 Å². The van der Waals surface area contributed by atoms with Crippen molar-refractivity contribution < 1.29 is 22.0 Å². The molecular formula is C18H19F2N5O5S. The molecule has 0 atom stereocenters. The Morgan fingerprint density at radius 3 is 2.48 bits per heavy atom. The van der Waals surface area contributed by atoms with Gasteiger partial charge in [0.05, 0.1) is 22.9 Å². The number of rotatable bonds is 6. The van der Waals surface area contributed by atoms with E-state index in [4.69, 9.17) is 0 Å². The monoisotopic (exact) mass is 455 g/mol. The lowest BCUT2D eigenvalue weighted by molar-refractivity contribution is -0.118. The number of alkyl halides is 2. The second-order valence-electron chi connectivity index (χ2n) is 6.62. The van der Waals surface area contributed by atoms with Gasteiger partial charge in [-0.2, -0.15) is 5.10 Å². The van der Waals surface area contributed by atoms with Gasteiger partial charge in [0.1, 0.15) is 0 Å². The molecule has 0 saturated heterocycles. The van der Waals surface area contributed by atoms with Gasteiger partial charge in [0.25, 0.3) is 27.9 Å². The fraction of sp³-hybridized carbons (Fsp3) is 0.333. The van der Waals surface area contributed by atoms with E-state index in [1.165, 1.54) is 23.9 Å². The molecule has 0 spiro atoms. The van der Waals surface area contributed by atoms with E-state index >= 15 is 0 Å². The van der Waals surface area contributed by atoms with Crippen LogP contribution in [-0.2, 0) is 21.4 Å². The number of hydrogen-bond donors (Lipinski definition) is 1. The fourth-order valence-corrected chi connectivity index (χ4v) is 4.18. The molecule has 1 amide bonds. The zero-order valence-electron chi connectivity index (χ0n) is 16.8. The summed E-state index contributed by atoms with van der Waals surface area (Å²) in [6.45, 7) is 3.48. The maximum absolute atomic E-state index is 13.8. The van der Waals surface area contributed by atoms with Gasteiger partial charge in [0.15, 0.2) is 0 Å². The van der Waals surface area contributed by atoms with Gasteiger partial charge in [0.2, 0.25) is 0 Å². The van der Waals surface area contributed by atoms with E-state index in [1.807, 2.05) is 0 Å². The van der Waals surface area contributed by atoms with Gasteiger partial charge in [0, 0.05) is 30.3 Å². The van der Waals surface area contributed by atoms with Gasteiger partial charge in [-0.3, -0.25) is 14.3 Å². The minimum atomic E-state index is -4.34. The normalized spacial score (nSPS) is 11.9. The topological polar surface area (TPSA) is 127 Å². The van der Waals surface area contributed by atoms with Crippen LogP contribution in [0.15, 0.2) is 34.0 Å². The Morgan fingerprint density at radius 2 is 1.94 bits per heavy atom. The molecular weight excluding hydrogens is 436 g/mol. The van der Waals surface area contributed by atoms with Crippen molar-refractivity contribution in [2.75, 3.05) is 10.7 Å². The Hall–Kier alpha value is -3.35. The van der Waals surface area contributed by atoms with E-state index in [-0.39, 0.29) is 32.0 Å². The molecule has 2 heterocycles. The number of amides is 1. The van der Waals surface area contributed by atoms with Crippen LogP contribution < -0.4 is 15.7 Å². The molecule has 3 rings (SSSR count). The van der Waals surface area contributed by atoms with Crippen LogP contribution in [0.1, 0.15) is 32.3 Å². The number of sulfonamides is 1. The number of benzene rings is 1. The highest BCUT2D eigenvalue weighted by molar-refractivity contribution is 7.92. The van der Waals surface area contributed by atoms with Crippen LogP contribution in [0.4, 0.5) is 8.78 Å². The highest BCUT2D eigenvalue weighted by Crippen LogP contribution is 2.33. The average Bonchev–Trinajstić information content (AvgIpc) is 3.17. The zero-order chi connectivity index (χ0) is 23.1. The van der Waals surface area contributed by atoms with Crippen LogP contribution in [-0.4, -0.2) is 40.0 Å². The van der Waals surface area contributed by atoms with Crippen LogP contribution in [0.3, 0.4) is 0 Å². The largest absolute Gasteiger partial charge is 0.349 e. The lowest BCUT2D eigenvalue weighted by Gasteiger charge is -2.21. The number of carbonyl (C=O) groups excluding carboxylic acids is 1. The molecule has 0 unspecified atom stereocenters. The molecule has 0 radical (unpaired) electrons. The van der Waals surface area contributed by atoms with Crippen molar-refractivity contribution in [3.05, 3.63) is 50.8 Å². The van der Waals surface area contributed by atoms with Crippen molar-refractivity contribution in [2.45, 2.75) is 33.2 Å². The van der Waals surface area contributed by atoms with E-state index in [1.54, 1.807) is 6.92 Å². The predicted octanol–water partition coefficient (Wildman–Crippen LogP) is 1.34. The van der Waals surface area contributed by atoms with E-state index in [9.17, 15) is 31.6 Å². The Bertz CT molecular complexity index is 1390. The van der Waals surface area contributed by atoms with Gasteiger partial charge in [-0.1, -0.05) is 6.92 Å². The molecule has 13 heteroatoms. The number of carbonyl (C=O) groups is 1. The molecule has 0 aliphatic carbocycles. The van der Waals surface area contributed by atoms with E-state index in [0.29, 0.717) is 18.5 Å². The minimum Gasteiger partial charge on any atom is -0.305 e. The Labute approximate surface area is 174 Å². The number of aryl methyl sites for hydroxylation is 1. The van der Waals surface area contributed by atoms with E-state index in [0.717, 1.165) is 12.1 Å². The first-order chi connectivity index (χ1) is 14.5. The highest BCUT2D eigenvalue weighted by atomic mass is 32.2. The van der Waals surface area contributed by atoms with Crippen LogP contribution in [0.5, 0.6) is 0 Å². The second kappa shape index (κ2) is 8.06. The summed E-state index contributed by atoms with van der Waals surface area (Å²) in [5.74, 6) is -1.01. The van der Waals surface area contributed by atoms with Crippen molar-refractivity contribution in [3.8, 4) is 11.3 Å². The Kier molecular flexibility index (Phi) is 5.81. The zero-order valence-corrected chi connectivity index (χ0v) is 17.6. The quantitative estimate of drug-likeness (QED) is 0.598. The van der Waals surface area contributed by atoms with E-state index in [2.05, 4.69) is 10.1 Å². The summed E-state index contributed by atoms with van der Waals surface area (Å²) in [6.07, 6.45) is -1.15. The molecule has 1 N–H and O–H groups in total. The van der Waals surface area contributed by atoms with Crippen LogP contribution in [0, 0.1) is 0 Å². The molecule has 1 aromatic carbocycles. The van der Waals surface area contributed by atoms with Crippen LogP contribution >= 0.6 is 0 Å². The van der Waals surface area contributed by atoms with E-state index < -0.39 is 39.2 Å². The first kappa shape index (κ1) is 22.3. The van der Waals surface area contributed by atoms with Gasteiger partial charge in [-0.05, 0) is 25.1 Å². The SMILES string of the molecule is CCC(=O)N(n1c(=O)[nH]c2cc(C(F)F)c(-c3ccnn3CC)cc2c1=O)S(C)(=O)=O. The van der Waals surface area contributed by atoms with Gasteiger partial charge in [-0.25, -0.2) is 22.0 Å². The molecule has 166 valence electrons. The highest BCUT2D eigenvalue weighted by Gasteiger charge is 2.29. The number of aromatic amines is 1. The maximum atomic E-state index is 13.8. The fourth-order valence-electron chi connectivity index (χ4n) is 3.23. The molecule has 0 aliphatic heterocycles. The number of hydrogen-bond acceptors (Lipinski definition) is 6. The summed E-state index contributed by atoms with van der Waals surface area (Å²) in [7, 11) is -4.34. The first-order valence-corrected chi connectivity index (χ1v) is 11.0. The summed E-state index contributed by atoms with van der Waals surface area (Å²) in [4.78, 5) is 40.0. The van der Waals surface area contributed by atoms with Crippen molar-refractivity contribution >= 4 is 26.8 Å². The summed E-state index contributed by atoms with van der Waals surface area (Å²) >= 11 is 0. The van der Waals surface area contributed by atoms with Crippen molar-refractivity contribution in [1.82, 2.24) is 19.4 Å². The molecule has 0 fully saturated rings. The molecule has 2 aromatic heterocycles. The third kappa shape index (κ3) is 3.87. The first-order valence-electron chi connectivity index (χ1n) is 9.17. The molecule has 0 saturated carbocycles. The number of H-pyrrole nitrogens is 1. The summed E-state index contributed by atoms with van der Waals surface area (Å²) in [5, 5.41) is 3.79. The van der Waals surface area contributed by atoms with Gasteiger partial charge in [-0.15, -0.1) is 9.09 Å². The third-order valence-corrected chi connectivity index (χ3v) is 5.58. The lowest BCUT2D eigenvalue weighted by atomic mass is 10.0. The molecule has 0 bridgehead atoms. The Morgan fingerprint density at radius 1 is 1.26 bits per heavy atom. The number of halogens is 2. The van der Waals surface area contributed by atoms with Crippen molar-refractivity contribution in [1.29, 1.82) is 0 Å². The van der Waals surface area contributed by atoms with Crippen LogP contribution in [0.2, 0.25) is 0 Å². The number of fused-ring (bicyclic) bond motifs is 1. The molecule has 3 aromatic rings. The molecule has 31 heavy (non-hydrogen) atoms. The number of nitrogens with zero attached hydrogens (tertiary/aromatic N) is 4. The summed E-state index contributed by atoms with van der Waals surface area (Å²) < 4.78 is 53.5. The van der Waals surface area contributed by atoms with Crippen molar-refractivity contribution in [3.63, 3.8) is 0 Å². The summed E-state index contributed by atoms with van der Waals surface area (Å²) in [5.41, 5.74) is -2.76. The lowest BCUT2D eigenvalue weighted by Crippen LogP contribution is -2.55. The number of nitrogens with one attached hydrogen (secondary N) is 1. The standard InChI is InChI=1S/C18H19F2N5O5S/c1-4-15(26)25(31(3,29)30)24-17(27)12-8-10(14-6-7-21-23(14)5-2)11(16(19)20)9-13(12)22-18(24)28/h6-9,16H,4-5H2,1-3H3,(H,22,28). The third-order valence-electron chi connectivity index (χ3n) is 4.59. The summed E-state index contributed by atoms with van der Waals surface area (Å²) in [6, 6.07) is 3.58. The predicted molar refractivity (Wildman–Crippen MR) is 109 cm³/mol. The molecule has 0 aliphatic rings. The smallest absolute Gasteiger partial charge is 0.305 e. The maximum Gasteiger partial charge on any atom is 0.349 e. The average molecular weight is 455 g/mol. The Balaban J connectivity index is 2.44. The number of aromatic nitrogens is 4.